The van der Waals surface area contributed by atoms with Crippen LogP contribution in [0.4, 0.5) is 11.4 Å². The second-order valence-corrected chi connectivity index (χ2v) is 4.89. The number of rotatable bonds is 4. The zero-order valence-corrected chi connectivity index (χ0v) is 12.0. The molecule has 5 nitrogen and oxygen atoms in total. The molecule has 0 bridgehead atoms. The predicted molar refractivity (Wildman–Crippen MR) is 82.1 cm³/mol. The number of hydrogen-bond donors (Lipinski definition) is 2. The normalized spacial score (nSPS) is 10.2. The van der Waals surface area contributed by atoms with E-state index in [2.05, 4.69) is 15.6 Å². The minimum absolute atomic E-state index is 0.128. The Labute approximate surface area is 123 Å². The third-order valence-corrected chi connectivity index (χ3v) is 2.87. The molecule has 2 N–H and O–H groups in total. The van der Waals surface area contributed by atoms with Gasteiger partial charge < -0.3 is 10.6 Å². The maximum atomic E-state index is 12.3. The molecule has 0 unspecified atom stereocenters. The van der Waals surface area contributed by atoms with E-state index in [0.717, 1.165) is 0 Å². The molecule has 0 aliphatic rings. The predicted octanol–water partition coefficient (Wildman–Crippen LogP) is 2.93. The average molecular weight is 283 g/mol. The van der Waals surface area contributed by atoms with Gasteiger partial charge >= 0.3 is 0 Å². The van der Waals surface area contributed by atoms with Crippen molar-refractivity contribution in [3.8, 4) is 0 Å². The van der Waals surface area contributed by atoms with E-state index in [4.69, 9.17) is 0 Å². The first kappa shape index (κ1) is 14.7. The van der Waals surface area contributed by atoms with Crippen LogP contribution in [0.15, 0.2) is 48.8 Å². The monoisotopic (exact) mass is 283 g/mol. The van der Waals surface area contributed by atoms with E-state index in [1.54, 1.807) is 62.6 Å². The van der Waals surface area contributed by atoms with Gasteiger partial charge in [0.25, 0.3) is 5.91 Å². The Hall–Kier alpha value is -2.69. The summed E-state index contributed by atoms with van der Waals surface area (Å²) in [5.41, 5.74) is 1.51. The highest BCUT2D eigenvalue weighted by Crippen LogP contribution is 2.17. The van der Waals surface area contributed by atoms with Crippen LogP contribution in [-0.2, 0) is 4.79 Å². The molecule has 0 saturated heterocycles. The first-order valence-corrected chi connectivity index (χ1v) is 6.69. The molecule has 1 aromatic carbocycles. The Kier molecular flexibility index (Phi) is 4.66. The van der Waals surface area contributed by atoms with Crippen LogP contribution in [0.2, 0.25) is 0 Å². The van der Waals surface area contributed by atoms with Crippen molar-refractivity contribution in [1.82, 2.24) is 4.98 Å². The average Bonchev–Trinajstić information content (AvgIpc) is 2.48. The number of anilines is 2. The van der Waals surface area contributed by atoms with Crippen LogP contribution < -0.4 is 10.6 Å². The Morgan fingerprint density at radius 1 is 1.05 bits per heavy atom. The molecule has 0 fully saturated rings. The maximum absolute atomic E-state index is 12.3. The summed E-state index contributed by atoms with van der Waals surface area (Å²) in [5.74, 6) is -0.571. The van der Waals surface area contributed by atoms with Gasteiger partial charge in [0.1, 0.15) is 0 Å². The summed E-state index contributed by atoms with van der Waals surface area (Å²) in [4.78, 5) is 28.0. The summed E-state index contributed by atoms with van der Waals surface area (Å²) >= 11 is 0. The molecule has 2 aromatic rings. The van der Waals surface area contributed by atoms with Gasteiger partial charge in [-0.05, 0) is 24.3 Å². The summed E-state index contributed by atoms with van der Waals surface area (Å²) in [5, 5.41) is 5.51. The zero-order valence-electron chi connectivity index (χ0n) is 12.0. The van der Waals surface area contributed by atoms with Gasteiger partial charge in [-0.2, -0.15) is 0 Å². The largest absolute Gasteiger partial charge is 0.325 e. The summed E-state index contributed by atoms with van der Waals surface area (Å²) in [7, 11) is 0. The summed E-state index contributed by atoms with van der Waals surface area (Å²) in [6.07, 6.45) is 3.19. The molecule has 21 heavy (non-hydrogen) atoms. The molecule has 0 atom stereocenters. The molecule has 0 aliphatic carbocycles. The first-order chi connectivity index (χ1) is 10.1. The number of pyridine rings is 1. The van der Waals surface area contributed by atoms with Crippen molar-refractivity contribution in [3.63, 3.8) is 0 Å². The van der Waals surface area contributed by atoms with Crippen molar-refractivity contribution in [2.24, 2.45) is 5.92 Å². The Morgan fingerprint density at radius 2 is 1.81 bits per heavy atom. The van der Waals surface area contributed by atoms with E-state index in [1.807, 2.05) is 0 Å². The van der Waals surface area contributed by atoms with Crippen molar-refractivity contribution in [1.29, 1.82) is 0 Å². The highest BCUT2D eigenvalue weighted by atomic mass is 16.2. The van der Waals surface area contributed by atoms with Crippen LogP contribution >= 0.6 is 0 Å². The number of nitrogens with one attached hydrogen (secondary N) is 2. The third kappa shape index (κ3) is 3.89. The topological polar surface area (TPSA) is 71.1 Å². The summed E-state index contributed by atoms with van der Waals surface area (Å²) in [6, 6.07) is 10.4. The highest BCUT2D eigenvalue weighted by Gasteiger charge is 2.14. The third-order valence-electron chi connectivity index (χ3n) is 2.87. The Bertz CT molecular complexity index is 639. The summed E-state index contributed by atoms with van der Waals surface area (Å²) in [6.45, 7) is 3.60. The van der Waals surface area contributed by atoms with Crippen LogP contribution in [0.5, 0.6) is 0 Å². The number of amides is 2. The molecule has 108 valence electrons. The molecular weight excluding hydrogens is 266 g/mol. The number of aromatic nitrogens is 1. The molecular formula is C16H17N3O2. The molecule has 2 rings (SSSR count). The van der Waals surface area contributed by atoms with Crippen molar-refractivity contribution >= 4 is 23.2 Å². The van der Waals surface area contributed by atoms with Crippen LogP contribution in [0, 0.1) is 5.92 Å². The Morgan fingerprint density at radius 3 is 2.48 bits per heavy atom. The SMILES string of the molecule is CC(C)C(=O)Nc1ccccc1C(=O)Nc1cccnc1. The fraction of sp³-hybridized carbons (Fsp3) is 0.188. The van der Waals surface area contributed by atoms with Crippen molar-refractivity contribution in [3.05, 3.63) is 54.4 Å². The number of hydrogen-bond acceptors (Lipinski definition) is 3. The minimum atomic E-state index is -0.289. The van der Waals surface area contributed by atoms with Crippen LogP contribution in [0.25, 0.3) is 0 Å². The molecule has 5 heteroatoms. The lowest BCUT2D eigenvalue weighted by Gasteiger charge is -2.12. The fourth-order valence-corrected chi connectivity index (χ4v) is 1.70. The van der Waals surface area contributed by atoms with Gasteiger partial charge in [0.05, 0.1) is 23.1 Å². The van der Waals surface area contributed by atoms with Crippen LogP contribution in [0.1, 0.15) is 24.2 Å². The number of para-hydroxylation sites is 1. The second-order valence-electron chi connectivity index (χ2n) is 4.89. The second kappa shape index (κ2) is 6.65. The van der Waals surface area contributed by atoms with E-state index in [0.29, 0.717) is 16.9 Å². The van der Waals surface area contributed by atoms with Crippen molar-refractivity contribution < 1.29 is 9.59 Å². The molecule has 0 aliphatic heterocycles. The number of carbonyl (C=O) groups excluding carboxylic acids is 2. The lowest BCUT2D eigenvalue weighted by molar-refractivity contribution is -0.118. The number of carbonyl (C=O) groups is 2. The van der Waals surface area contributed by atoms with Gasteiger partial charge in [-0.15, -0.1) is 0 Å². The zero-order chi connectivity index (χ0) is 15.2. The molecule has 1 aromatic heterocycles. The van der Waals surface area contributed by atoms with E-state index in [-0.39, 0.29) is 17.7 Å². The van der Waals surface area contributed by atoms with Crippen molar-refractivity contribution in [2.75, 3.05) is 10.6 Å². The standard InChI is InChI=1S/C16H17N3O2/c1-11(2)15(20)19-14-8-4-3-7-13(14)16(21)18-12-6-5-9-17-10-12/h3-11H,1-2H3,(H,18,21)(H,19,20). The molecule has 1 heterocycles. The van der Waals surface area contributed by atoms with E-state index < -0.39 is 0 Å². The molecule has 0 spiro atoms. The summed E-state index contributed by atoms with van der Waals surface area (Å²) < 4.78 is 0. The molecule has 0 radical (unpaired) electrons. The van der Waals surface area contributed by atoms with Gasteiger partial charge in [0.15, 0.2) is 0 Å². The smallest absolute Gasteiger partial charge is 0.257 e. The maximum Gasteiger partial charge on any atom is 0.257 e. The van der Waals surface area contributed by atoms with Gasteiger partial charge in [0.2, 0.25) is 5.91 Å². The van der Waals surface area contributed by atoms with Crippen LogP contribution in [-0.4, -0.2) is 16.8 Å². The Balaban J connectivity index is 2.19. The fourth-order valence-electron chi connectivity index (χ4n) is 1.70. The number of nitrogens with zero attached hydrogens (tertiary/aromatic N) is 1. The van der Waals surface area contributed by atoms with E-state index >= 15 is 0 Å². The first-order valence-electron chi connectivity index (χ1n) is 6.69. The van der Waals surface area contributed by atoms with Crippen molar-refractivity contribution in [2.45, 2.75) is 13.8 Å². The highest BCUT2D eigenvalue weighted by molar-refractivity contribution is 6.10. The molecule has 2 amide bonds. The van der Waals surface area contributed by atoms with Crippen LogP contribution in [0.3, 0.4) is 0 Å². The number of benzene rings is 1. The molecule has 0 saturated carbocycles. The van der Waals surface area contributed by atoms with E-state index in [1.165, 1.54) is 0 Å². The minimum Gasteiger partial charge on any atom is -0.325 e. The van der Waals surface area contributed by atoms with Gasteiger partial charge in [-0.3, -0.25) is 14.6 Å². The van der Waals surface area contributed by atoms with Gasteiger partial charge in [-0.25, -0.2) is 0 Å². The lowest BCUT2D eigenvalue weighted by Crippen LogP contribution is -2.21. The van der Waals surface area contributed by atoms with Gasteiger partial charge in [0, 0.05) is 12.1 Å². The van der Waals surface area contributed by atoms with E-state index in [9.17, 15) is 9.59 Å². The quantitative estimate of drug-likeness (QED) is 0.906. The van der Waals surface area contributed by atoms with Gasteiger partial charge in [-0.1, -0.05) is 26.0 Å². The lowest BCUT2D eigenvalue weighted by atomic mass is 10.1.